The molecule has 6 nitrogen and oxygen atoms in total. The van der Waals surface area contributed by atoms with E-state index in [9.17, 15) is 9.59 Å². The molecule has 0 atom stereocenters. The third-order valence-corrected chi connectivity index (χ3v) is 5.69. The Kier molecular flexibility index (Phi) is 8.81. The highest BCUT2D eigenvalue weighted by Gasteiger charge is 2.22. The van der Waals surface area contributed by atoms with E-state index in [4.69, 9.17) is 4.74 Å². The van der Waals surface area contributed by atoms with E-state index in [1.807, 2.05) is 103 Å². The lowest BCUT2D eigenvalue weighted by Crippen LogP contribution is -2.27. The summed E-state index contributed by atoms with van der Waals surface area (Å²) >= 11 is 0. The van der Waals surface area contributed by atoms with E-state index in [1.165, 1.54) is 0 Å². The molecule has 4 aromatic carbocycles. The molecule has 4 rings (SSSR count). The molecule has 4 aromatic rings. The summed E-state index contributed by atoms with van der Waals surface area (Å²) in [6.07, 6.45) is 0.0495. The number of ether oxygens (including phenoxy) is 1. The van der Waals surface area contributed by atoms with Crippen molar-refractivity contribution in [1.82, 2.24) is 5.43 Å². The zero-order chi connectivity index (χ0) is 25.9. The average molecular weight is 492 g/mol. The molecule has 6 heteroatoms. The number of anilines is 1. The van der Waals surface area contributed by atoms with Gasteiger partial charge in [0.15, 0.2) is 0 Å². The van der Waals surface area contributed by atoms with Crippen LogP contribution in [-0.4, -0.2) is 17.5 Å². The number of rotatable bonds is 10. The minimum absolute atomic E-state index is 0.0495. The molecule has 0 saturated heterocycles. The van der Waals surface area contributed by atoms with Gasteiger partial charge in [-0.05, 0) is 47.9 Å². The standard InChI is InChI=1S/C31H29N3O3/c1-23(33-34-31(36)30(25-13-7-3-8-14-25)26-15-9-4-10-16-26)21-29(35)32-27-17-19-28(20-18-27)37-22-24-11-5-2-6-12-24/h2-20,30H,21-22H2,1H3,(H,32,35)(H,34,36)/b33-23-. The van der Waals surface area contributed by atoms with E-state index in [2.05, 4.69) is 15.8 Å². The summed E-state index contributed by atoms with van der Waals surface area (Å²) in [4.78, 5) is 25.6. The topological polar surface area (TPSA) is 79.8 Å². The molecule has 0 aliphatic heterocycles. The summed E-state index contributed by atoms with van der Waals surface area (Å²) in [5.41, 5.74) is 6.61. The van der Waals surface area contributed by atoms with E-state index in [0.717, 1.165) is 16.7 Å². The molecule has 186 valence electrons. The van der Waals surface area contributed by atoms with Gasteiger partial charge < -0.3 is 10.1 Å². The first kappa shape index (κ1) is 25.4. The van der Waals surface area contributed by atoms with E-state index in [-0.39, 0.29) is 18.2 Å². The van der Waals surface area contributed by atoms with Crippen LogP contribution in [0.1, 0.15) is 36.0 Å². The van der Waals surface area contributed by atoms with Gasteiger partial charge >= 0.3 is 0 Å². The Balaban J connectivity index is 1.30. The molecule has 0 aromatic heterocycles. The van der Waals surface area contributed by atoms with Crippen LogP contribution in [0.15, 0.2) is 120 Å². The first-order chi connectivity index (χ1) is 18.1. The van der Waals surface area contributed by atoms with E-state index in [0.29, 0.717) is 23.8 Å². The molecule has 37 heavy (non-hydrogen) atoms. The average Bonchev–Trinajstić information content (AvgIpc) is 2.93. The van der Waals surface area contributed by atoms with Crippen LogP contribution in [-0.2, 0) is 16.2 Å². The van der Waals surface area contributed by atoms with Crippen LogP contribution in [0.2, 0.25) is 0 Å². The molecule has 0 spiro atoms. The maximum atomic E-state index is 13.1. The number of nitrogens with one attached hydrogen (secondary N) is 2. The van der Waals surface area contributed by atoms with Crippen molar-refractivity contribution in [3.05, 3.63) is 132 Å². The molecule has 0 unspecified atom stereocenters. The summed E-state index contributed by atoms with van der Waals surface area (Å²) in [5.74, 6) is -0.275. The first-order valence-electron chi connectivity index (χ1n) is 12.1. The fourth-order valence-electron chi connectivity index (χ4n) is 3.85. The Hall–Kier alpha value is -4.71. The summed E-state index contributed by atoms with van der Waals surface area (Å²) in [6.45, 7) is 2.18. The van der Waals surface area contributed by atoms with Crippen LogP contribution < -0.4 is 15.5 Å². The van der Waals surface area contributed by atoms with Crippen LogP contribution >= 0.6 is 0 Å². The molecule has 0 bridgehead atoms. The van der Waals surface area contributed by atoms with Gasteiger partial charge in [-0.25, -0.2) is 5.43 Å². The maximum Gasteiger partial charge on any atom is 0.252 e. The summed E-state index contributed by atoms with van der Waals surface area (Å²) in [6, 6.07) is 36.2. The second kappa shape index (κ2) is 12.8. The SMILES string of the molecule is C/C(CC(=O)Nc1ccc(OCc2ccccc2)cc1)=N/NC(=O)C(c1ccccc1)c1ccccc1. The van der Waals surface area contributed by atoms with Gasteiger partial charge in [0.05, 0.1) is 12.3 Å². The highest BCUT2D eigenvalue weighted by molar-refractivity contribution is 6.05. The molecule has 0 aliphatic rings. The quantitative estimate of drug-likeness (QED) is 0.214. The van der Waals surface area contributed by atoms with E-state index in [1.54, 1.807) is 19.1 Å². The lowest BCUT2D eigenvalue weighted by molar-refractivity contribution is -0.121. The minimum atomic E-state index is -0.504. The van der Waals surface area contributed by atoms with Crippen molar-refractivity contribution in [2.75, 3.05) is 5.32 Å². The Bertz CT molecular complexity index is 1280. The highest BCUT2D eigenvalue weighted by atomic mass is 16.5. The predicted molar refractivity (Wildman–Crippen MR) is 146 cm³/mol. The zero-order valence-electron chi connectivity index (χ0n) is 20.6. The van der Waals surface area contributed by atoms with Crippen molar-refractivity contribution < 1.29 is 14.3 Å². The minimum Gasteiger partial charge on any atom is -0.489 e. The first-order valence-corrected chi connectivity index (χ1v) is 12.1. The number of nitrogens with zero attached hydrogens (tertiary/aromatic N) is 1. The fraction of sp³-hybridized carbons (Fsp3) is 0.129. The van der Waals surface area contributed by atoms with Gasteiger partial charge in [-0.1, -0.05) is 91.0 Å². The molecular weight excluding hydrogens is 462 g/mol. The normalized spacial score (nSPS) is 11.1. The van der Waals surface area contributed by atoms with Gasteiger partial charge in [0.2, 0.25) is 5.91 Å². The number of benzene rings is 4. The van der Waals surface area contributed by atoms with Crippen molar-refractivity contribution >= 4 is 23.2 Å². The van der Waals surface area contributed by atoms with Gasteiger partial charge in [-0.15, -0.1) is 0 Å². The maximum absolute atomic E-state index is 13.1. The lowest BCUT2D eigenvalue weighted by Gasteiger charge is -2.16. The van der Waals surface area contributed by atoms with Crippen LogP contribution in [0, 0.1) is 0 Å². The van der Waals surface area contributed by atoms with Crippen LogP contribution in [0.4, 0.5) is 5.69 Å². The van der Waals surface area contributed by atoms with E-state index >= 15 is 0 Å². The molecule has 2 amide bonds. The number of amides is 2. The van der Waals surface area contributed by atoms with Crippen LogP contribution in [0.25, 0.3) is 0 Å². The van der Waals surface area contributed by atoms with Crippen molar-refractivity contribution in [2.24, 2.45) is 5.10 Å². The smallest absolute Gasteiger partial charge is 0.252 e. The number of hydrogen-bond donors (Lipinski definition) is 2. The molecule has 0 aliphatic carbocycles. The Morgan fingerprint density at radius 1 is 0.757 bits per heavy atom. The number of hydrogen-bond acceptors (Lipinski definition) is 4. The zero-order valence-corrected chi connectivity index (χ0v) is 20.6. The van der Waals surface area contributed by atoms with Crippen LogP contribution in [0.5, 0.6) is 5.75 Å². The monoisotopic (exact) mass is 491 g/mol. The van der Waals surface area contributed by atoms with Gasteiger partial charge in [0.1, 0.15) is 12.4 Å². The third kappa shape index (κ3) is 7.64. The Morgan fingerprint density at radius 3 is 1.86 bits per heavy atom. The summed E-state index contributed by atoms with van der Waals surface area (Å²) in [7, 11) is 0. The largest absolute Gasteiger partial charge is 0.489 e. The summed E-state index contributed by atoms with van der Waals surface area (Å²) in [5, 5.41) is 7.03. The van der Waals surface area contributed by atoms with Gasteiger partial charge in [-0.2, -0.15) is 5.10 Å². The number of carbonyl (C=O) groups excluding carboxylic acids is 2. The van der Waals surface area contributed by atoms with Gasteiger partial charge in [0.25, 0.3) is 5.91 Å². The molecule has 0 radical (unpaired) electrons. The second-order valence-corrected chi connectivity index (χ2v) is 8.60. The predicted octanol–water partition coefficient (Wildman–Crippen LogP) is 5.92. The highest BCUT2D eigenvalue weighted by Crippen LogP contribution is 2.24. The van der Waals surface area contributed by atoms with Crippen molar-refractivity contribution in [3.8, 4) is 5.75 Å². The fourth-order valence-corrected chi connectivity index (χ4v) is 3.85. The number of carbonyl (C=O) groups is 2. The number of hydrazone groups is 1. The molecule has 0 saturated carbocycles. The van der Waals surface area contributed by atoms with Gasteiger partial charge in [0, 0.05) is 11.4 Å². The van der Waals surface area contributed by atoms with Crippen molar-refractivity contribution in [3.63, 3.8) is 0 Å². The Morgan fingerprint density at radius 2 is 1.30 bits per heavy atom. The summed E-state index contributed by atoms with van der Waals surface area (Å²) < 4.78 is 5.78. The lowest BCUT2D eigenvalue weighted by atomic mass is 9.91. The van der Waals surface area contributed by atoms with E-state index < -0.39 is 5.92 Å². The third-order valence-electron chi connectivity index (χ3n) is 5.69. The van der Waals surface area contributed by atoms with Crippen LogP contribution in [0.3, 0.4) is 0 Å². The molecular formula is C31H29N3O3. The Labute approximate surface area is 217 Å². The second-order valence-electron chi connectivity index (χ2n) is 8.60. The molecule has 0 fully saturated rings. The molecule has 2 N–H and O–H groups in total. The molecule has 0 heterocycles. The van der Waals surface area contributed by atoms with Crippen molar-refractivity contribution in [2.45, 2.75) is 25.9 Å². The van der Waals surface area contributed by atoms with Crippen molar-refractivity contribution in [1.29, 1.82) is 0 Å². The van der Waals surface area contributed by atoms with Gasteiger partial charge in [-0.3, -0.25) is 9.59 Å².